The van der Waals surface area contributed by atoms with Crippen LogP contribution in [0.3, 0.4) is 0 Å². The van der Waals surface area contributed by atoms with Crippen molar-refractivity contribution in [1.82, 2.24) is 10.2 Å². The van der Waals surface area contributed by atoms with E-state index in [1.807, 2.05) is 6.07 Å². The van der Waals surface area contributed by atoms with Gasteiger partial charge in [-0.15, -0.1) is 0 Å². The predicted octanol–water partition coefficient (Wildman–Crippen LogP) is 3.01. The van der Waals surface area contributed by atoms with Gasteiger partial charge in [-0.1, -0.05) is 53.7 Å². The van der Waals surface area contributed by atoms with Crippen molar-refractivity contribution in [3.8, 4) is 5.75 Å². The second kappa shape index (κ2) is 7.68. The number of ether oxygens (including phenoxy) is 1. The molecule has 26 heavy (non-hydrogen) atoms. The highest BCUT2D eigenvalue weighted by Crippen LogP contribution is 2.35. The lowest BCUT2D eigenvalue weighted by atomic mass is 9.80. The maximum absolute atomic E-state index is 12.5. The molecule has 0 saturated carbocycles. The minimum atomic E-state index is -0.0847. The number of amides is 2. The maximum atomic E-state index is 12.5. The molecule has 0 radical (unpaired) electrons. The smallest absolute Gasteiger partial charge is 0.260 e. The molecule has 5 heteroatoms. The summed E-state index contributed by atoms with van der Waals surface area (Å²) < 4.78 is 5.92. The Morgan fingerprint density at radius 1 is 1.12 bits per heavy atom. The van der Waals surface area contributed by atoms with Crippen LogP contribution in [0.5, 0.6) is 5.75 Å². The maximum Gasteiger partial charge on any atom is 0.260 e. The fourth-order valence-corrected chi connectivity index (χ4v) is 2.96. The highest BCUT2D eigenvalue weighted by molar-refractivity contribution is 5.81. The molecule has 0 unspecified atom stereocenters. The van der Waals surface area contributed by atoms with Crippen molar-refractivity contribution < 1.29 is 14.3 Å². The van der Waals surface area contributed by atoms with Gasteiger partial charge in [0.2, 0.25) is 5.91 Å². The number of rotatable bonds is 3. The number of nitrogens with zero attached hydrogens (tertiary/aromatic N) is 1. The molecule has 1 heterocycles. The molecule has 1 aliphatic heterocycles. The largest absolute Gasteiger partial charge is 0.483 e. The van der Waals surface area contributed by atoms with Gasteiger partial charge in [0.1, 0.15) is 5.75 Å². The molecule has 2 rings (SSSR count). The van der Waals surface area contributed by atoms with Gasteiger partial charge < -0.3 is 15.0 Å². The van der Waals surface area contributed by atoms with Crippen molar-refractivity contribution in [1.29, 1.82) is 0 Å². The van der Waals surface area contributed by atoms with Crippen LogP contribution in [0.25, 0.3) is 0 Å². The second-order valence-corrected chi connectivity index (χ2v) is 8.98. The summed E-state index contributed by atoms with van der Waals surface area (Å²) in [5.74, 6) is 0.665. The first-order valence-corrected chi connectivity index (χ1v) is 9.31. The van der Waals surface area contributed by atoms with Crippen LogP contribution in [-0.2, 0) is 20.4 Å². The number of benzene rings is 1. The molecule has 1 aliphatic rings. The first-order chi connectivity index (χ1) is 12.0. The Bertz CT molecular complexity index is 669. The van der Waals surface area contributed by atoms with Crippen LogP contribution >= 0.6 is 0 Å². The summed E-state index contributed by atoms with van der Waals surface area (Å²) >= 11 is 0. The van der Waals surface area contributed by atoms with Crippen molar-refractivity contribution >= 4 is 11.8 Å². The molecule has 5 nitrogen and oxygen atoms in total. The Kier molecular flexibility index (Phi) is 5.99. The first-order valence-electron chi connectivity index (χ1n) is 9.31. The monoisotopic (exact) mass is 360 g/mol. The molecule has 1 saturated heterocycles. The molecule has 1 aromatic carbocycles. The fraction of sp³-hybridized carbons (Fsp3) is 0.619. The summed E-state index contributed by atoms with van der Waals surface area (Å²) in [6.45, 7) is 14.5. The van der Waals surface area contributed by atoms with E-state index in [0.29, 0.717) is 26.1 Å². The van der Waals surface area contributed by atoms with Crippen LogP contribution in [0.4, 0.5) is 0 Å². The molecule has 1 N–H and O–H groups in total. The number of nitrogens with one attached hydrogen (secondary N) is 1. The molecule has 144 valence electrons. The van der Waals surface area contributed by atoms with Gasteiger partial charge in [-0.05, 0) is 28.0 Å². The van der Waals surface area contributed by atoms with E-state index < -0.39 is 0 Å². The summed E-state index contributed by atoms with van der Waals surface area (Å²) in [4.78, 5) is 25.6. The van der Waals surface area contributed by atoms with Crippen molar-refractivity contribution in [2.24, 2.45) is 0 Å². The van der Waals surface area contributed by atoms with Gasteiger partial charge in [0.25, 0.3) is 5.91 Å². The Morgan fingerprint density at radius 3 is 2.42 bits per heavy atom. The highest BCUT2D eigenvalue weighted by Gasteiger charge is 2.24. The topological polar surface area (TPSA) is 58.6 Å². The van der Waals surface area contributed by atoms with Crippen LogP contribution in [0, 0.1) is 0 Å². The minimum Gasteiger partial charge on any atom is -0.483 e. The second-order valence-electron chi connectivity index (χ2n) is 8.98. The molecular weight excluding hydrogens is 328 g/mol. The summed E-state index contributed by atoms with van der Waals surface area (Å²) in [5.41, 5.74) is 2.32. The summed E-state index contributed by atoms with van der Waals surface area (Å²) in [5, 5.41) is 2.78. The van der Waals surface area contributed by atoms with E-state index >= 15 is 0 Å². The van der Waals surface area contributed by atoms with E-state index in [2.05, 4.69) is 59.0 Å². The SMILES string of the molecule is CC(C)(C)c1ccc(OCC(=O)N2CCNC(=O)CC2)c(C(C)(C)C)c1. The predicted molar refractivity (Wildman–Crippen MR) is 104 cm³/mol. The normalized spacial score (nSPS) is 16.1. The van der Waals surface area contributed by atoms with Gasteiger partial charge in [0, 0.05) is 26.1 Å². The molecule has 0 spiro atoms. The molecule has 1 aromatic rings. The fourth-order valence-electron chi connectivity index (χ4n) is 2.96. The zero-order chi connectivity index (χ0) is 19.5. The molecule has 0 aliphatic carbocycles. The molecular formula is C21H32N2O3. The van der Waals surface area contributed by atoms with Gasteiger partial charge in [-0.2, -0.15) is 0 Å². The molecule has 0 atom stereocenters. The molecule has 2 amide bonds. The lowest BCUT2D eigenvalue weighted by Gasteiger charge is -2.27. The Labute approximate surface area is 157 Å². The van der Waals surface area contributed by atoms with Crippen molar-refractivity contribution in [2.75, 3.05) is 26.2 Å². The summed E-state index contributed by atoms with van der Waals surface area (Å²) in [6, 6.07) is 6.24. The number of hydrogen-bond donors (Lipinski definition) is 1. The molecule has 0 aromatic heterocycles. The zero-order valence-electron chi connectivity index (χ0n) is 16.9. The third-order valence-corrected chi connectivity index (χ3v) is 4.67. The third kappa shape index (κ3) is 5.23. The van der Waals surface area contributed by atoms with E-state index in [-0.39, 0.29) is 29.3 Å². The lowest BCUT2D eigenvalue weighted by Crippen LogP contribution is -2.37. The van der Waals surface area contributed by atoms with Crippen LogP contribution in [0.1, 0.15) is 59.1 Å². The van der Waals surface area contributed by atoms with Gasteiger partial charge in [-0.3, -0.25) is 9.59 Å². The molecule has 1 fully saturated rings. The van der Waals surface area contributed by atoms with Gasteiger partial charge in [-0.25, -0.2) is 0 Å². The minimum absolute atomic E-state index is 0.00555. The Hall–Kier alpha value is -2.04. The number of hydrogen-bond acceptors (Lipinski definition) is 3. The Morgan fingerprint density at radius 2 is 1.81 bits per heavy atom. The van der Waals surface area contributed by atoms with Crippen LogP contribution in [0.15, 0.2) is 18.2 Å². The average molecular weight is 360 g/mol. The van der Waals surface area contributed by atoms with E-state index in [9.17, 15) is 9.59 Å². The quantitative estimate of drug-likeness (QED) is 0.901. The summed E-state index contributed by atoms with van der Waals surface area (Å²) in [7, 11) is 0. The van der Waals surface area contributed by atoms with Gasteiger partial charge in [0.15, 0.2) is 6.61 Å². The van der Waals surface area contributed by atoms with Crippen LogP contribution in [-0.4, -0.2) is 43.0 Å². The average Bonchev–Trinajstić information content (AvgIpc) is 2.75. The van der Waals surface area contributed by atoms with Crippen molar-refractivity contribution in [3.05, 3.63) is 29.3 Å². The van der Waals surface area contributed by atoms with Crippen LogP contribution < -0.4 is 10.1 Å². The van der Waals surface area contributed by atoms with E-state index in [4.69, 9.17) is 4.74 Å². The Balaban J connectivity index is 2.13. The van der Waals surface area contributed by atoms with Crippen molar-refractivity contribution in [3.63, 3.8) is 0 Å². The van der Waals surface area contributed by atoms with E-state index in [1.165, 1.54) is 5.56 Å². The van der Waals surface area contributed by atoms with E-state index in [0.717, 1.165) is 11.3 Å². The highest BCUT2D eigenvalue weighted by atomic mass is 16.5. The third-order valence-electron chi connectivity index (χ3n) is 4.67. The molecule has 0 bridgehead atoms. The van der Waals surface area contributed by atoms with Crippen LogP contribution in [0.2, 0.25) is 0 Å². The number of carbonyl (C=O) groups excluding carboxylic acids is 2. The van der Waals surface area contributed by atoms with Gasteiger partial charge in [0.05, 0.1) is 0 Å². The zero-order valence-corrected chi connectivity index (χ0v) is 16.9. The first kappa shape index (κ1) is 20.3. The van der Waals surface area contributed by atoms with E-state index in [1.54, 1.807) is 4.90 Å². The summed E-state index contributed by atoms with van der Waals surface area (Å²) in [6.07, 6.45) is 0.346. The number of carbonyl (C=O) groups is 2. The van der Waals surface area contributed by atoms with Crippen molar-refractivity contribution in [2.45, 2.75) is 58.8 Å². The van der Waals surface area contributed by atoms with Gasteiger partial charge >= 0.3 is 0 Å². The lowest BCUT2D eigenvalue weighted by molar-refractivity contribution is -0.133. The standard InChI is InChI=1S/C21H32N2O3/c1-20(2,3)15-7-8-17(16(13-15)21(4,5)6)26-14-19(25)23-11-9-18(24)22-10-12-23/h7-8,13H,9-12,14H2,1-6H3,(H,22,24).